The fraction of sp³-hybridized carbons (Fsp3) is 0.556. The van der Waals surface area contributed by atoms with Crippen molar-refractivity contribution in [3.63, 3.8) is 0 Å². The van der Waals surface area contributed by atoms with E-state index in [-0.39, 0.29) is 0 Å². The molecule has 1 saturated carbocycles. The van der Waals surface area contributed by atoms with Gasteiger partial charge in [-0.2, -0.15) is 0 Å². The van der Waals surface area contributed by atoms with E-state index in [0.29, 0.717) is 5.13 Å². The number of aromatic nitrogens is 2. The monoisotopic (exact) mass is 343 g/mol. The van der Waals surface area contributed by atoms with Gasteiger partial charge in [-0.1, -0.05) is 30.6 Å². The van der Waals surface area contributed by atoms with Gasteiger partial charge in [-0.05, 0) is 37.1 Å². The first kappa shape index (κ1) is 15.8. The predicted molar refractivity (Wildman–Crippen MR) is 100 cm³/mol. The first-order valence-corrected chi connectivity index (χ1v) is 9.80. The molecule has 2 N–H and O–H groups in total. The Kier molecular flexibility index (Phi) is 4.67. The molecule has 0 radical (unpaired) electrons. The van der Waals surface area contributed by atoms with Crippen LogP contribution in [0.15, 0.2) is 24.3 Å². The second kappa shape index (κ2) is 7.07. The van der Waals surface area contributed by atoms with Crippen LogP contribution in [-0.2, 0) is 0 Å². The average molecular weight is 344 g/mol. The second-order valence-electron chi connectivity index (χ2n) is 6.81. The van der Waals surface area contributed by atoms with Gasteiger partial charge in [0.05, 0.1) is 0 Å². The number of anilines is 2. The van der Waals surface area contributed by atoms with Crippen LogP contribution in [0.4, 0.5) is 10.8 Å². The Balaban J connectivity index is 1.37. The smallest absolute Gasteiger partial charge is 0.203 e. The van der Waals surface area contributed by atoms with E-state index in [1.54, 1.807) is 0 Å². The molecular formula is C18H25N5S. The van der Waals surface area contributed by atoms with Crippen molar-refractivity contribution < 1.29 is 0 Å². The number of hydrogen-bond donors (Lipinski definition) is 1. The summed E-state index contributed by atoms with van der Waals surface area (Å²) in [6.45, 7) is 4.64. The molecule has 128 valence electrons. The quantitative estimate of drug-likeness (QED) is 0.927. The summed E-state index contributed by atoms with van der Waals surface area (Å²) >= 11 is 1.43. The second-order valence-corrected chi connectivity index (χ2v) is 7.82. The molecule has 0 spiro atoms. The lowest BCUT2D eigenvalue weighted by Gasteiger charge is -2.41. The van der Waals surface area contributed by atoms with Crippen molar-refractivity contribution in [3.05, 3.63) is 24.3 Å². The Morgan fingerprint density at radius 1 is 0.917 bits per heavy atom. The first-order valence-electron chi connectivity index (χ1n) is 8.98. The fourth-order valence-electron chi connectivity index (χ4n) is 3.96. The molecule has 0 amide bonds. The molecule has 1 aliphatic carbocycles. The molecule has 2 aromatic rings. The van der Waals surface area contributed by atoms with Gasteiger partial charge in [0.1, 0.15) is 5.01 Å². The van der Waals surface area contributed by atoms with E-state index in [0.717, 1.165) is 29.7 Å². The highest BCUT2D eigenvalue weighted by Gasteiger charge is 2.25. The standard InChI is InChI=1S/C18H25N5S/c19-18-21-20-17(24-18)14-6-8-16(9-7-14)23-12-10-22(11-13-23)15-4-2-1-3-5-15/h6-9,15H,1-5,10-13H2,(H2,19,21). The molecule has 5 nitrogen and oxygen atoms in total. The third-order valence-corrected chi connectivity index (χ3v) is 6.13. The van der Waals surface area contributed by atoms with Crippen molar-refractivity contribution in [1.29, 1.82) is 0 Å². The Labute approximate surface area is 147 Å². The number of hydrogen-bond acceptors (Lipinski definition) is 6. The summed E-state index contributed by atoms with van der Waals surface area (Å²) in [5.41, 5.74) is 8.07. The number of nitrogens with zero attached hydrogens (tertiary/aromatic N) is 4. The van der Waals surface area contributed by atoms with Crippen LogP contribution in [0.5, 0.6) is 0 Å². The molecule has 1 aliphatic heterocycles. The third-order valence-electron chi connectivity index (χ3n) is 5.33. The van der Waals surface area contributed by atoms with Crippen LogP contribution in [0.1, 0.15) is 32.1 Å². The molecule has 1 saturated heterocycles. The summed E-state index contributed by atoms with van der Waals surface area (Å²) < 4.78 is 0. The Morgan fingerprint density at radius 2 is 1.62 bits per heavy atom. The lowest BCUT2D eigenvalue weighted by atomic mass is 9.94. The van der Waals surface area contributed by atoms with Gasteiger partial charge in [-0.25, -0.2) is 0 Å². The van der Waals surface area contributed by atoms with Gasteiger partial charge in [0.2, 0.25) is 5.13 Å². The van der Waals surface area contributed by atoms with Crippen molar-refractivity contribution >= 4 is 22.2 Å². The van der Waals surface area contributed by atoms with E-state index in [2.05, 4.69) is 44.3 Å². The van der Waals surface area contributed by atoms with Gasteiger partial charge in [-0.15, -0.1) is 10.2 Å². The zero-order valence-corrected chi connectivity index (χ0v) is 14.8. The van der Waals surface area contributed by atoms with Crippen LogP contribution in [0.2, 0.25) is 0 Å². The van der Waals surface area contributed by atoms with Crippen LogP contribution in [-0.4, -0.2) is 47.3 Å². The maximum Gasteiger partial charge on any atom is 0.203 e. The SMILES string of the molecule is Nc1nnc(-c2ccc(N3CCN(C4CCCCC4)CC3)cc2)s1. The summed E-state index contributed by atoms with van der Waals surface area (Å²) in [6.07, 6.45) is 7.08. The summed E-state index contributed by atoms with van der Waals surface area (Å²) in [6, 6.07) is 9.49. The summed E-state index contributed by atoms with van der Waals surface area (Å²) in [5, 5.41) is 9.41. The Bertz CT molecular complexity index is 654. The number of benzene rings is 1. The highest BCUT2D eigenvalue weighted by atomic mass is 32.1. The minimum absolute atomic E-state index is 0.521. The molecule has 2 heterocycles. The van der Waals surface area contributed by atoms with Gasteiger partial charge in [0, 0.05) is 43.5 Å². The average Bonchev–Trinajstić information content (AvgIpc) is 3.09. The molecule has 0 unspecified atom stereocenters. The van der Waals surface area contributed by atoms with Crippen LogP contribution >= 0.6 is 11.3 Å². The normalized spacial score (nSPS) is 20.4. The molecule has 0 atom stereocenters. The van der Waals surface area contributed by atoms with Crippen molar-refractivity contribution in [1.82, 2.24) is 15.1 Å². The van der Waals surface area contributed by atoms with Crippen LogP contribution in [0, 0.1) is 0 Å². The molecule has 2 aliphatic rings. The number of nitrogens with two attached hydrogens (primary N) is 1. The van der Waals surface area contributed by atoms with E-state index in [1.807, 2.05) is 0 Å². The van der Waals surface area contributed by atoms with E-state index >= 15 is 0 Å². The number of rotatable bonds is 3. The summed E-state index contributed by atoms with van der Waals surface area (Å²) in [4.78, 5) is 5.21. The highest BCUT2D eigenvalue weighted by Crippen LogP contribution is 2.28. The molecular weight excluding hydrogens is 318 g/mol. The lowest BCUT2D eigenvalue weighted by Crippen LogP contribution is -2.50. The largest absolute Gasteiger partial charge is 0.374 e. The van der Waals surface area contributed by atoms with Crippen LogP contribution < -0.4 is 10.6 Å². The Hall–Kier alpha value is -1.66. The maximum atomic E-state index is 5.67. The third kappa shape index (κ3) is 3.39. The molecule has 24 heavy (non-hydrogen) atoms. The van der Waals surface area contributed by atoms with Crippen LogP contribution in [0.25, 0.3) is 10.6 Å². The van der Waals surface area contributed by atoms with Crippen molar-refractivity contribution in [3.8, 4) is 10.6 Å². The van der Waals surface area contributed by atoms with E-state index in [1.165, 1.54) is 62.2 Å². The molecule has 4 rings (SSSR count). The zero-order valence-electron chi connectivity index (χ0n) is 14.0. The minimum Gasteiger partial charge on any atom is -0.374 e. The summed E-state index contributed by atoms with van der Waals surface area (Å²) in [7, 11) is 0. The van der Waals surface area contributed by atoms with Crippen LogP contribution in [0.3, 0.4) is 0 Å². The lowest BCUT2D eigenvalue weighted by molar-refractivity contribution is 0.148. The maximum absolute atomic E-state index is 5.67. The first-order chi connectivity index (χ1) is 11.8. The fourth-order valence-corrected chi connectivity index (χ4v) is 4.57. The minimum atomic E-state index is 0.521. The van der Waals surface area contributed by atoms with Gasteiger partial charge >= 0.3 is 0 Å². The van der Waals surface area contributed by atoms with Gasteiger partial charge < -0.3 is 10.6 Å². The summed E-state index contributed by atoms with van der Waals surface area (Å²) in [5.74, 6) is 0. The molecule has 1 aromatic heterocycles. The number of nitrogen functional groups attached to an aromatic ring is 1. The zero-order chi connectivity index (χ0) is 16.4. The number of piperazine rings is 1. The topological polar surface area (TPSA) is 58.3 Å². The van der Waals surface area contributed by atoms with Crippen molar-refractivity contribution in [2.24, 2.45) is 0 Å². The highest BCUT2D eigenvalue weighted by molar-refractivity contribution is 7.18. The van der Waals surface area contributed by atoms with E-state index in [4.69, 9.17) is 5.73 Å². The van der Waals surface area contributed by atoms with Crippen molar-refractivity contribution in [2.45, 2.75) is 38.1 Å². The van der Waals surface area contributed by atoms with E-state index < -0.39 is 0 Å². The molecule has 0 bridgehead atoms. The van der Waals surface area contributed by atoms with Gasteiger partial charge in [0.25, 0.3) is 0 Å². The van der Waals surface area contributed by atoms with Gasteiger partial charge in [-0.3, -0.25) is 4.90 Å². The van der Waals surface area contributed by atoms with Gasteiger partial charge in [0.15, 0.2) is 0 Å². The van der Waals surface area contributed by atoms with Crippen molar-refractivity contribution in [2.75, 3.05) is 36.8 Å². The molecule has 2 fully saturated rings. The molecule has 1 aromatic carbocycles. The molecule has 6 heteroatoms. The van der Waals surface area contributed by atoms with E-state index in [9.17, 15) is 0 Å². The predicted octanol–water partition coefficient (Wildman–Crippen LogP) is 3.24. The Morgan fingerprint density at radius 3 is 2.25 bits per heavy atom.